The van der Waals surface area contributed by atoms with Crippen LogP contribution >= 0.6 is 23.2 Å². The molecule has 1 heterocycles. The van der Waals surface area contributed by atoms with E-state index in [1.165, 1.54) is 5.56 Å². The highest BCUT2D eigenvalue weighted by atomic mass is 35.5. The minimum Gasteiger partial charge on any atom is -0.491 e. The van der Waals surface area contributed by atoms with E-state index in [9.17, 15) is 4.79 Å². The van der Waals surface area contributed by atoms with Gasteiger partial charge in [0.1, 0.15) is 12.4 Å². The Morgan fingerprint density at radius 2 is 1.93 bits per heavy atom. The molecular weight excluding hydrogens is 421 g/mol. The Morgan fingerprint density at radius 3 is 2.60 bits per heavy atom. The molecule has 2 aromatic rings. The molecule has 0 bridgehead atoms. The van der Waals surface area contributed by atoms with Crippen molar-refractivity contribution in [1.29, 1.82) is 0 Å². The highest BCUT2D eigenvalue weighted by Gasteiger charge is 2.57. The third-order valence-electron chi connectivity index (χ3n) is 6.93. The van der Waals surface area contributed by atoms with Gasteiger partial charge in [0, 0.05) is 22.0 Å². The quantitative estimate of drug-likeness (QED) is 0.664. The number of amides is 1. The van der Waals surface area contributed by atoms with E-state index in [0.29, 0.717) is 15.8 Å². The average molecular weight is 448 g/mol. The Kier molecular flexibility index (Phi) is 6.02. The molecule has 0 spiro atoms. The van der Waals surface area contributed by atoms with Crippen LogP contribution in [0.1, 0.15) is 49.7 Å². The standard InChI is InChI=1S/C24H27Cl2NO3/c1-14-22-21(15-3-5-16(25)6-4-15)19(9-10-24(22,2)23(29)27-14)18-8-7-17(13-20(18)26)30-12-11-28/h3-8,13-14,19,21-22,28H,9-12H2,1-2H3,(H,27,29)/t14-,19+,21+,22+,24-/m1/s1. The second kappa shape index (κ2) is 8.41. The van der Waals surface area contributed by atoms with Gasteiger partial charge < -0.3 is 15.2 Å². The molecule has 1 amide bonds. The van der Waals surface area contributed by atoms with E-state index in [4.69, 9.17) is 33.0 Å². The Balaban J connectivity index is 1.77. The van der Waals surface area contributed by atoms with Gasteiger partial charge >= 0.3 is 0 Å². The SMILES string of the molecule is C[C@H]1NC(=O)[C@]2(C)CC[C@@H](c3ccc(OCCO)cc3Cl)[C@H](c3ccc(Cl)cc3)[C@H]12. The fourth-order valence-electron chi connectivity index (χ4n) is 5.57. The molecule has 5 atom stereocenters. The summed E-state index contributed by atoms with van der Waals surface area (Å²) >= 11 is 12.9. The zero-order valence-corrected chi connectivity index (χ0v) is 18.7. The normalized spacial score (nSPS) is 30.6. The largest absolute Gasteiger partial charge is 0.491 e. The van der Waals surface area contributed by atoms with Gasteiger partial charge in [-0.3, -0.25) is 4.79 Å². The fourth-order valence-corrected chi connectivity index (χ4v) is 6.01. The topological polar surface area (TPSA) is 58.6 Å². The third-order valence-corrected chi connectivity index (χ3v) is 7.51. The average Bonchev–Trinajstić information content (AvgIpc) is 2.95. The minimum absolute atomic E-state index is 0.0418. The van der Waals surface area contributed by atoms with E-state index in [1.54, 1.807) is 0 Å². The molecule has 2 aliphatic rings. The van der Waals surface area contributed by atoms with E-state index in [0.717, 1.165) is 18.4 Å². The number of carbonyl (C=O) groups is 1. The predicted molar refractivity (Wildman–Crippen MR) is 119 cm³/mol. The Morgan fingerprint density at radius 1 is 1.20 bits per heavy atom. The summed E-state index contributed by atoms with van der Waals surface area (Å²) in [5, 5.41) is 13.5. The number of fused-ring (bicyclic) bond motifs is 1. The summed E-state index contributed by atoms with van der Waals surface area (Å²) in [4.78, 5) is 12.8. The molecule has 4 rings (SSSR count). The molecule has 0 unspecified atom stereocenters. The van der Waals surface area contributed by atoms with E-state index in [-0.39, 0.29) is 42.9 Å². The van der Waals surface area contributed by atoms with Gasteiger partial charge in [0.25, 0.3) is 0 Å². The molecule has 0 radical (unpaired) electrons. The van der Waals surface area contributed by atoms with Crippen LogP contribution in [0.25, 0.3) is 0 Å². The monoisotopic (exact) mass is 447 g/mol. The Labute approximate surface area is 187 Å². The van der Waals surface area contributed by atoms with Crippen LogP contribution in [-0.2, 0) is 4.79 Å². The molecule has 160 valence electrons. The summed E-state index contributed by atoms with van der Waals surface area (Å²) < 4.78 is 5.52. The molecule has 6 heteroatoms. The van der Waals surface area contributed by atoms with Crippen LogP contribution in [-0.4, -0.2) is 30.3 Å². The second-order valence-corrected chi connectivity index (χ2v) is 9.53. The first-order valence-corrected chi connectivity index (χ1v) is 11.2. The van der Waals surface area contributed by atoms with Gasteiger partial charge in [-0.25, -0.2) is 0 Å². The first kappa shape index (κ1) is 21.5. The minimum atomic E-state index is -0.392. The summed E-state index contributed by atoms with van der Waals surface area (Å²) in [6.45, 7) is 4.40. The highest BCUT2D eigenvalue weighted by Crippen LogP contribution is 2.59. The molecule has 1 saturated carbocycles. The van der Waals surface area contributed by atoms with Crippen molar-refractivity contribution in [3.05, 3.63) is 63.6 Å². The van der Waals surface area contributed by atoms with E-state index in [2.05, 4.69) is 31.3 Å². The van der Waals surface area contributed by atoms with Crippen molar-refractivity contribution in [2.45, 2.75) is 44.6 Å². The number of halogens is 2. The third kappa shape index (κ3) is 3.70. The van der Waals surface area contributed by atoms with Gasteiger partial charge in [-0.15, -0.1) is 0 Å². The maximum absolute atomic E-state index is 12.8. The lowest BCUT2D eigenvalue weighted by Gasteiger charge is -2.46. The van der Waals surface area contributed by atoms with Crippen LogP contribution < -0.4 is 10.1 Å². The summed E-state index contributed by atoms with van der Waals surface area (Å²) in [6, 6.07) is 13.8. The molecule has 4 nitrogen and oxygen atoms in total. The van der Waals surface area contributed by atoms with Crippen LogP contribution in [0.15, 0.2) is 42.5 Å². The smallest absolute Gasteiger partial charge is 0.226 e. The van der Waals surface area contributed by atoms with Crippen molar-refractivity contribution < 1.29 is 14.6 Å². The fraction of sp³-hybridized carbons (Fsp3) is 0.458. The van der Waals surface area contributed by atoms with Crippen molar-refractivity contribution in [3.63, 3.8) is 0 Å². The van der Waals surface area contributed by atoms with Gasteiger partial charge in [0.05, 0.1) is 12.0 Å². The van der Waals surface area contributed by atoms with Gasteiger partial charge in [-0.2, -0.15) is 0 Å². The van der Waals surface area contributed by atoms with E-state index in [1.807, 2.05) is 30.3 Å². The maximum Gasteiger partial charge on any atom is 0.226 e. The molecule has 2 fully saturated rings. The molecule has 2 N–H and O–H groups in total. The first-order valence-electron chi connectivity index (χ1n) is 10.4. The van der Waals surface area contributed by atoms with Gasteiger partial charge in [-0.05, 0) is 67.0 Å². The van der Waals surface area contributed by atoms with Crippen molar-refractivity contribution >= 4 is 29.1 Å². The van der Waals surface area contributed by atoms with Crippen molar-refractivity contribution in [3.8, 4) is 5.75 Å². The lowest BCUT2D eigenvalue weighted by molar-refractivity contribution is -0.129. The molecule has 1 aliphatic carbocycles. The number of nitrogens with one attached hydrogen (secondary N) is 1. The van der Waals surface area contributed by atoms with E-state index < -0.39 is 5.41 Å². The molecule has 1 saturated heterocycles. The summed E-state index contributed by atoms with van der Waals surface area (Å²) in [7, 11) is 0. The summed E-state index contributed by atoms with van der Waals surface area (Å²) in [6.07, 6.45) is 1.69. The number of aliphatic hydroxyl groups excluding tert-OH is 1. The second-order valence-electron chi connectivity index (χ2n) is 8.68. The Hall–Kier alpha value is -1.75. The lowest BCUT2D eigenvalue weighted by atomic mass is 9.56. The molecule has 0 aromatic heterocycles. The zero-order chi connectivity index (χ0) is 21.5. The van der Waals surface area contributed by atoms with Crippen LogP contribution in [0.2, 0.25) is 10.0 Å². The highest BCUT2D eigenvalue weighted by molar-refractivity contribution is 6.31. The Bertz CT molecular complexity index is 933. The number of hydrogen-bond donors (Lipinski definition) is 2. The number of ether oxygens (including phenoxy) is 1. The number of rotatable bonds is 5. The van der Waals surface area contributed by atoms with Crippen LogP contribution in [0.4, 0.5) is 0 Å². The van der Waals surface area contributed by atoms with Gasteiger partial charge in [0.15, 0.2) is 0 Å². The molecule has 1 aliphatic heterocycles. The van der Waals surface area contributed by atoms with Crippen LogP contribution in [0.5, 0.6) is 5.75 Å². The van der Waals surface area contributed by atoms with Crippen LogP contribution in [0, 0.1) is 11.3 Å². The summed E-state index contributed by atoms with van der Waals surface area (Å²) in [5.41, 5.74) is 1.86. The van der Waals surface area contributed by atoms with Gasteiger partial charge in [0.2, 0.25) is 5.91 Å². The maximum atomic E-state index is 12.8. The molecular formula is C24H27Cl2NO3. The summed E-state index contributed by atoms with van der Waals surface area (Å²) in [5.74, 6) is 1.27. The van der Waals surface area contributed by atoms with E-state index >= 15 is 0 Å². The number of hydrogen-bond acceptors (Lipinski definition) is 3. The number of aliphatic hydroxyl groups is 1. The van der Waals surface area contributed by atoms with Crippen molar-refractivity contribution in [2.24, 2.45) is 11.3 Å². The van der Waals surface area contributed by atoms with Crippen molar-refractivity contribution in [2.75, 3.05) is 13.2 Å². The predicted octanol–water partition coefficient (Wildman–Crippen LogP) is 5.17. The van der Waals surface area contributed by atoms with Crippen LogP contribution in [0.3, 0.4) is 0 Å². The molecule has 2 aromatic carbocycles. The first-order chi connectivity index (χ1) is 14.3. The molecule has 30 heavy (non-hydrogen) atoms. The van der Waals surface area contributed by atoms with Crippen molar-refractivity contribution in [1.82, 2.24) is 5.32 Å². The number of carbonyl (C=O) groups excluding carboxylic acids is 1. The number of benzene rings is 2. The zero-order valence-electron chi connectivity index (χ0n) is 17.2. The lowest BCUT2D eigenvalue weighted by Crippen LogP contribution is -2.42. The van der Waals surface area contributed by atoms with Gasteiger partial charge in [-0.1, -0.05) is 48.3 Å².